The van der Waals surface area contributed by atoms with E-state index < -0.39 is 35.7 Å². The van der Waals surface area contributed by atoms with Crippen LogP contribution in [-0.2, 0) is 25.5 Å². The van der Waals surface area contributed by atoms with Crippen molar-refractivity contribution in [2.75, 3.05) is 19.1 Å². The Bertz CT molecular complexity index is 657. The molecule has 0 saturated carbocycles. The van der Waals surface area contributed by atoms with E-state index in [1.54, 1.807) is 25.6 Å². The minimum atomic E-state index is -1.24. The predicted molar refractivity (Wildman–Crippen MR) is 113 cm³/mol. The average Bonchev–Trinajstić information content (AvgIpc) is 2.70. The van der Waals surface area contributed by atoms with E-state index in [0.717, 1.165) is 5.56 Å². The molecule has 1 unspecified atom stereocenters. The van der Waals surface area contributed by atoms with Crippen molar-refractivity contribution in [3.63, 3.8) is 0 Å². The molecule has 2 amide bonds. The van der Waals surface area contributed by atoms with Crippen LogP contribution in [0.5, 0.6) is 0 Å². The highest BCUT2D eigenvalue weighted by Crippen LogP contribution is 2.12. The van der Waals surface area contributed by atoms with Gasteiger partial charge in [0, 0.05) is 0 Å². The van der Waals surface area contributed by atoms with Crippen LogP contribution in [0.2, 0.25) is 0 Å². The summed E-state index contributed by atoms with van der Waals surface area (Å²) in [6.07, 6.45) is 1.94. The number of rotatable bonds is 13. The summed E-state index contributed by atoms with van der Waals surface area (Å²) in [7, 11) is 1.28. The van der Waals surface area contributed by atoms with Gasteiger partial charge in [0.25, 0.3) is 0 Å². The van der Waals surface area contributed by atoms with E-state index >= 15 is 0 Å². The second kappa shape index (κ2) is 12.5. The first-order valence-corrected chi connectivity index (χ1v) is 10.7. The molecule has 0 spiro atoms. The van der Waals surface area contributed by atoms with Gasteiger partial charge in [-0.25, -0.2) is 0 Å². The summed E-state index contributed by atoms with van der Waals surface area (Å²) in [4.78, 5) is 35.5. The maximum Gasteiger partial charge on any atom is 0.323 e. The SMILES string of the molecule is COC(=O)[C@H](Cc1ccccc1)NC(O)C(C)(C)NC(=O)[C@H](CCSC)NC=O. The smallest absolute Gasteiger partial charge is 0.323 e. The van der Waals surface area contributed by atoms with Crippen molar-refractivity contribution in [2.24, 2.45) is 0 Å². The number of methoxy groups -OCH3 is 1. The van der Waals surface area contributed by atoms with Gasteiger partial charge >= 0.3 is 5.97 Å². The van der Waals surface area contributed by atoms with E-state index in [1.807, 2.05) is 36.6 Å². The number of ether oxygens (including phenoxy) is 1. The number of carbonyl (C=O) groups excluding carboxylic acids is 3. The van der Waals surface area contributed by atoms with Crippen LogP contribution in [0.15, 0.2) is 30.3 Å². The molecule has 1 aromatic carbocycles. The molecule has 0 aliphatic heterocycles. The Labute approximate surface area is 176 Å². The van der Waals surface area contributed by atoms with Gasteiger partial charge < -0.3 is 20.5 Å². The number of esters is 1. The van der Waals surface area contributed by atoms with E-state index in [9.17, 15) is 19.5 Å². The minimum Gasteiger partial charge on any atom is -0.468 e. The number of thioether (sulfide) groups is 1. The molecule has 1 rings (SSSR count). The summed E-state index contributed by atoms with van der Waals surface area (Å²) >= 11 is 1.56. The van der Waals surface area contributed by atoms with Crippen LogP contribution in [0.1, 0.15) is 25.8 Å². The van der Waals surface area contributed by atoms with Crippen molar-refractivity contribution < 1.29 is 24.2 Å². The van der Waals surface area contributed by atoms with Crippen molar-refractivity contribution in [2.45, 2.75) is 50.5 Å². The number of benzene rings is 1. The monoisotopic (exact) mass is 425 g/mol. The van der Waals surface area contributed by atoms with E-state index in [4.69, 9.17) is 4.74 Å². The quantitative estimate of drug-likeness (QED) is 0.206. The topological polar surface area (TPSA) is 117 Å². The Morgan fingerprint density at radius 3 is 2.45 bits per heavy atom. The molecule has 0 bridgehead atoms. The highest BCUT2D eigenvalue weighted by atomic mass is 32.2. The van der Waals surface area contributed by atoms with E-state index in [2.05, 4.69) is 16.0 Å². The number of aliphatic hydroxyl groups is 1. The molecule has 0 heterocycles. The van der Waals surface area contributed by atoms with E-state index in [-0.39, 0.29) is 0 Å². The van der Waals surface area contributed by atoms with Crippen molar-refractivity contribution in [1.29, 1.82) is 0 Å². The Hall–Kier alpha value is -2.10. The van der Waals surface area contributed by atoms with Crippen LogP contribution in [0.4, 0.5) is 0 Å². The Morgan fingerprint density at radius 2 is 1.90 bits per heavy atom. The average molecular weight is 426 g/mol. The second-order valence-corrected chi connectivity index (χ2v) is 8.15. The zero-order valence-corrected chi connectivity index (χ0v) is 18.1. The van der Waals surface area contributed by atoms with E-state index in [1.165, 1.54) is 7.11 Å². The van der Waals surface area contributed by atoms with Gasteiger partial charge in [-0.05, 0) is 44.3 Å². The fourth-order valence-corrected chi connectivity index (χ4v) is 3.15. The number of nitrogens with one attached hydrogen (secondary N) is 3. The summed E-state index contributed by atoms with van der Waals surface area (Å²) < 4.78 is 4.84. The molecular weight excluding hydrogens is 394 g/mol. The minimum absolute atomic E-state index is 0.317. The first-order valence-electron chi connectivity index (χ1n) is 9.31. The summed E-state index contributed by atoms with van der Waals surface area (Å²) in [5, 5.41) is 18.8. The summed E-state index contributed by atoms with van der Waals surface area (Å²) in [6.45, 7) is 3.26. The number of carbonyl (C=O) groups is 3. The Kier molecular flexibility index (Phi) is 10.7. The fraction of sp³-hybridized carbons (Fsp3) is 0.550. The van der Waals surface area contributed by atoms with Crippen LogP contribution < -0.4 is 16.0 Å². The van der Waals surface area contributed by atoms with Gasteiger partial charge in [0.2, 0.25) is 12.3 Å². The van der Waals surface area contributed by atoms with Crippen LogP contribution >= 0.6 is 11.8 Å². The maximum absolute atomic E-state index is 12.6. The molecule has 0 aliphatic rings. The van der Waals surface area contributed by atoms with Crippen LogP contribution in [0, 0.1) is 0 Å². The van der Waals surface area contributed by atoms with Crippen LogP contribution in [-0.4, -0.2) is 66.4 Å². The standard InChI is InChI=1S/C20H31N3O5S/c1-20(2,23-17(25)15(21-13-24)10-11-29-4)19(27)22-16(18(26)28-3)12-14-8-6-5-7-9-14/h5-9,13,15-16,19,22,27H,10-12H2,1-4H3,(H,21,24)(H,23,25)/t15-,16-,19?/m0/s1. The zero-order valence-electron chi connectivity index (χ0n) is 17.3. The normalized spacial score (nSPS) is 14.4. The number of aliphatic hydroxyl groups excluding tert-OH is 1. The fourth-order valence-electron chi connectivity index (χ4n) is 2.68. The molecule has 0 aromatic heterocycles. The summed E-state index contributed by atoms with van der Waals surface area (Å²) in [5.74, 6) is -0.230. The third-order valence-electron chi connectivity index (χ3n) is 4.45. The second-order valence-electron chi connectivity index (χ2n) is 7.16. The zero-order chi connectivity index (χ0) is 21.9. The van der Waals surface area contributed by atoms with Crippen molar-refractivity contribution in [1.82, 2.24) is 16.0 Å². The lowest BCUT2D eigenvalue weighted by Crippen LogP contribution is -2.63. The molecule has 0 saturated heterocycles. The van der Waals surface area contributed by atoms with Gasteiger partial charge in [-0.1, -0.05) is 30.3 Å². The lowest BCUT2D eigenvalue weighted by Gasteiger charge is -2.35. The summed E-state index contributed by atoms with van der Waals surface area (Å²) in [6, 6.07) is 7.84. The largest absolute Gasteiger partial charge is 0.468 e. The Balaban J connectivity index is 2.82. The van der Waals surface area contributed by atoms with Gasteiger partial charge in [0.15, 0.2) is 0 Å². The molecular formula is C20H31N3O5S. The molecule has 3 atom stereocenters. The van der Waals surface area contributed by atoms with Crippen molar-refractivity contribution in [3.8, 4) is 0 Å². The molecule has 29 heavy (non-hydrogen) atoms. The van der Waals surface area contributed by atoms with Gasteiger partial charge in [0.1, 0.15) is 18.3 Å². The van der Waals surface area contributed by atoms with Crippen LogP contribution in [0.25, 0.3) is 0 Å². The number of amides is 2. The van der Waals surface area contributed by atoms with Gasteiger partial charge in [0.05, 0.1) is 12.6 Å². The molecule has 0 aliphatic carbocycles. The van der Waals surface area contributed by atoms with Gasteiger partial charge in [-0.3, -0.25) is 19.7 Å². The van der Waals surface area contributed by atoms with E-state index in [0.29, 0.717) is 25.0 Å². The Morgan fingerprint density at radius 1 is 1.24 bits per heavy atom. The van der Waals surface area contributed by atoms with Crippen LogP contribution in [0.3, 0.4) is 0 Å². The highest BCUT2D eigenvalue weighted by molar-refractivity contribution is 7.98. The third kappa shape index (κ3) is 8.43. The number of hydrogen-bond donors (Lipinski definition) is 4. The first kappa shape index (κ1) is 24.9. The molecule has 162 valence electrons. The summed E-state index contributed by atoms with van der Waals surface area (Å²) in [5.41, 5.74) is -0.209. The highest BCUT2D eigenvalue weighted by Gasteiger charge is 2.35. The molecule has 0 fully saturated rings. The lowest BCUT2D eigenvalue weighted by molar-refractivity contribution is -0.144. The van der Waals surface area contributed by atoms with Gasteiger partial charge in [-0.15, -0.1) is 0 Å². The van der Waals surface area contributed by atoms with Crippen molar-refractivity contribution in [3.05, 3.63) is 35.9 Å². The predicted octanol–water partition coefficient (Wildman–Crippen LogP) is 0.441. The maximum atomic E-state index is 12.6. The molecule has 1 aromatic rings. The molecule has 0 radical (unpaired) electrons. The molecule has 9 heteroatoms. The van der Waals surface area contributed by atoms with Crippen molar-refractivity contribution >= 4 is 30.0 Å². The molecule has 8 nitrogen and oxygen atoms in total. The molecule has 4 N–H and O–H groups in total. The lowest BCUT2D eigenvalue weighted by atomic mass is 9.99. The van der Waals surface area contributed by atoms with Gasteiger partial charge in [-0.2, -0.15) is 11.8 Å². The third-order valence-corrected chi connectivity index (χ3v) is 5.10. The number of hydrogen-bond acceptors (Lipinski definition) is 7. The first-order chi connectivity index (χ1) is 13.7.